The molecule has 4 rings (SSSR count). The lowest BCUT2D eigenvalue weighted by atomic mass is 9.94. The molecule has 0 bridgehead atoms. The van der Waals surface area contributed by atoms with Crippen molar-refractivity contribution in [3.05, 3.63) is 106 Å². The Hall–Kier alpha value is -4.33. The highest BCUT2D eigenvalue weighted by Crippen LogP contribution is 2.34. The minimum absolute atomic E-state index is 0.134. The number of nitrogens with zero attached hydrogens (tertiary/aromatic N) is 3. The number of hydrogen-bond donors (Lipinski definition) is 3. The van der Waals surface area contributed by atoms with E-state index in [1.165, 1.54) is 18.3 Å². The maximum Gasteiger partial charge on any atom is 0.435 e. The number of rotatable bonds is 10. The largest absolute Gasteiger partial charge is 0.435 e. The van der Waals surface area contributed by atoms with Gasteiger partial charge in [0.15, 0.2) is 5.69 Å². The molecule has 0 saturated heterocycles. The number of halogens is 6. The Bertz CT molecular complexity index is 1650. The number of alkyl halides is 3. The van der Waals surface area contributed by atoms with Crippen LogP contribution >= 0.6 is 12.6 Å². The Morgan fingerprint density at radius 1 is 1.07 bits per heavy atom. The molecule has 4 aromatic rings. The molecule has 43 heavy (non-hydrogen) atoms. The first kappa shape index (κ1) is 31.6. The zero-order chi connectivity index (χ0) is 31.5. The van der Waals surface area contributed by atoms with Crippen molar-refractivity contribution < 1.29 is 35.9 Å². The van der Waals surface area contributed by atoms with Crippen molar-refractivity contribution in [1.29, 1.82) is 0 Å². The quantitative estimate of drug-likeness (QED) is 0.159. The fourth-order valence-electron chi connectivity index (χ4n) is 4.83. The lowest BCUT2D eigenvalue weighted by molar-refractivity contribution is -0.142. The molecule has 0 unspecified atom stereocenters. The number of carbonyl (C=O) groups excluding carboxylic acids is 2. The van der Waals surface area contributed by atoms with Gasteiger partial charge in [-0.3, -0.25) is 19.3 Å². The number of aromatic nitrogens is 3. The standard InChI is InChI=1S/C29H25F6N5O2S/c1-2-24-21(14-43)27(29(33,34)35)39-40(24)13-25(41)38-23(10-15-8-17(30)12-18(31)9-15)26-19(4-3-7-37-26)16-5-6-22(32)20(11-16)28(36)42/h3-9,11-12,23,43H,2,10,13-14H2,1H3,(H2,36,42)(H,38,41)/t23-/m0/s1. The second-order valence-corrected chi connectivity index (χ2v) is 9.85. The average Bonchev–Trinajstić information content (AvgIpc) is 3.30. The number of pyridine rings is 1. The molecular weight excluding hydrogens is 596 g/mol. The van der Waals surface area contributed by atoms with Crippen LogP contribution in [0.5, 0.6) is 0 Å². The summed E-state index contributed by atoms with van der Waals surface area (Å²) in [6, 6.07) is 8.42. The van der Waals surface area contributed by atoms with Crippen molar-refractivity contribution in [1.82, 2.24) is 20.1 Å². The van der Waals surface area contributed by atoms with Crippen LogP contribution in [-0.4, -0.2) is 26.6 Å². The molecule has 0 aliphatic carbocycles. The highest BCUT2D eigenvalue weighted by molar-refractivity contribution is 7.79. The van der Waals surface area contributed by atoms with Crippen molar-refractivity contribution in [2.75, 3.05) is 0 Å². The van der Waals surface area contributed by atoms with E-state index in [1.807, 2.05) is 0 Å². The molecule has 0 radical (unpaired) electrons. The summed E-state index contributed by atoms with van der Waals surface area (Å²) in [5, 5.41) is 6.33. The smallest absolute Gasteiger partial charge is 0.366 e. The first-order valence-electron chi connectivity index (χ1n) is 12.9. The zero-order valence-corrected chi connectivity index (χ0v) is 23.4. The number of thiol groups is 1. The van der Waals surface area contributed by atoms with Gasteiger partial charge in [0.25, 0.3) is 5.91 Å². The molecule has 0 aliphatic heterocycles. The van der Waals surface area contributed by atoms with E-state index < -0.39 is 59.3 Å². The van der Waals surface area contributed by atoms with E-state index in [0.717, 1.165) is 22.9 Å². The van der Waals surface area contributed by atoms with Gasteiger partial charge in [0, 0.05) is 34.8 Å². The van der Waals surface area contributed by atoms with Crippen molar-refractivity contribution in [3.8, 4) is 11.1 Å². The lowest BCUT2D eigenvalue weighted by Gasteiger charge is -2.22. The monoisotopic (exact) mass is 621 g/mol. The summed E-state index contributed by atoms with van der Waals surface area (Å²) < 4.78 is 84.1. The fourth-order valence-corrected chi connectivity index (χ4v) is 5.16. The molecule has 2 aromatic heterocycles. The average molecular weight is 622 g/mol. The van der Waals surface area contributed by atoms with Gasteiger partial charge in [0.05, 0.1) is 17.3 Å². The summed E-state index contributed by atoms with van der Waals surface area (Å²) in [6.45, 7) is 1.00. The van der Waals surface area contributed by atoms with Gasteiger partial charge < -0.3 is 11.1 Å². The predicted molar refractivity (Wildman–Crippen MR) is 148 cm³/mol. The topological polar surface area (TPSA) is 103 Å². The fraction of sp³-hybridized carbons (Fsp3) is 0.241. The van der Waals surface area contributed by atoms with Gasteiger partial charge in [-0.25, -0.2) is 13.2 Å². The number of nitrogens with two attached hydrogens (primary N) is 1. The molecule has 226 valence electrons. The molecule has 3 N–H and O–H groups in total. The molecule has 14 heteroatoms. The number of nitrogens with one attached hydrogen (secondary N) is 1. The van der Waals surface area contributed by atoms with E-state index in [0.29, 0.717) is 17.2 Å². The van der Waals surface area contributed by atoms with Gasteiger partial charge >= 0.3 is 6.18 Å². The first-order chi connectivity index (χ1) is 20.3. The Kier molecular flexibility index (Phi) is 9.48. The third kappa shape index (κ3) is 7.19. The Balaban J connectivity index is 1.76. The van der Waals surface area contributed by atoms with Crippen molar-refractivity contribution in [2.24, 2.45) is 5.73 Å². The number of amides is 2. The molecule has 2 heterocycles. The Morgan fingerprint density at radius 3 is 2.37 bits per heavy atom. The van der Waals surface area contributed by atoms with E-state index in [1.54, 1.807) is 19.1 Å². The van der Waals surface area contributed by atoms with Crippen LogP contribution in [-0.2, 0) is 36.1 Å². The van der Waals surface area contributed by atoms with Crippen LogP contribution < -0.4 is 11.1 Å². The Morgan fingerprint density at radius 2 is 1.77 bits per heavy atom. The summed E-state index contributed by atoms with van der Waals surface area (Å²) in [4.78, 5) is 29.4. The van der Waals surface area contributed by atoms with Crippen LogP contribution in [0.2, 0.25) is 0 Å². The zero-order valence-electron chi connectivity index (χ0n) is 22.6. The van der Waals surface area contributed by atoms with Crippen LogP contribution in [0, 0.1) is 17.5 Å². The van der Waals surface area contributed by atoms with Gasteiger partial charge in [-0.05, 0) is 54.3 Å². The van der Waals surface area contributed by atoms with E-state index in [2.05, 4.69) is 28.0 Å². The molecular formula is C29H25F6N5O2S. The van der Waals surface area contributed by atoms with Crippen LogP contribution in [0.25, 0.3) is 11.1 Å². The molecule has 1 atom stereocenters. The normalized spacial score (nSPS) is 12.3. The van der Waals surface area contributed by atoms with Gasteiger partial charge in [-0.2, -0.15) is 30.9 Å². The highest BCUT2D eigenvalue weighted by Gasteiger charge is 2.38. The summed E-state index contributed by atoms with van der Waals surface area (Å²) in [7, 11) is 0. The number of hydrogen-bond acceptors (Lipinski definition) is 5. The van der Waals surface area contributed by atoms with Crippen molar-refractivity contribution >= 4 is 24.4 Å². The highest BCUT2D eigenvalue weighted by atomic mass is 32.1. The maximum absolute atomic E-state index is 14.2. The van der Waals surface area contributed by atoms with Crippen LogP contribution in [0.3, 0.4) is 0 Å². The number of primary amides is 1. The van der Waals surface area contributed by atoms with E-state index in [-0.39, 0.29) is 41.1 Å². The second kappa shape index (κ2) is 12.9. The number of benzene rings is 2. The minimum atomic E-state index is -4.77. The second-order valence-electron chi connectivity index (χ2n) is 9.54. The Labute approximate surface area is 247 Å². The molecule has 7 nitrogen and oxygen atoms in total. The van der Waals surface area contributed by atoms with Crippen LogP contribution in [0.15, 0.2) is 54.7 Å². The van der Waals surface area contributed by atoms with Gasteiger partial charge in [0.2, 0.25) is 5.91 Å². The van der Waals surface area contributed by atoms with Crippen LogP contribution in [0.1, 0.15) is 51.5 Å². The van der Waals surface area contributed by atoms with E-state index in [4.69, 9.17) is 5.73 Å². The molecule has 0 spiro atoms. The van der Waals surface area contributed by atoms with Crippen molar-refractivity contribution in [2.45, 2.75) is 44.3 Å². The third-order valence-corrected chi connectivity index (χ3v) is 6.95. The molecule has 2 amide bonds. The minimum Gasteiger partial charge on any atom is -0.366 e. The van der Waals surface area contributed by atoms with E-state index in [9.17, 15) is 35.9 Å². The van der Waals surface area contributed by atoms with E-state index >= 15 is 0 Å². The SMILES string of the molecule is CCc1c(CS)c(C(F)(F)F)nn1CC(=O)N[C@@H](Cc1cc(F)cc(F)c1)c1ncccc1-c1ccc(F)c(C(N)=O)c1. The number of carbonyl (C=O) groups is 2. The lowest BCUT2D eigenvalue weighted by Crippen LogP contribution is -2.34. The molecule has 0 saturated carbocycles. The summed E-state index contributed by atoms with van der Waals surface area (Å²) in [5.74, 6) is -4.63. The molecule has 0 aliphatic rings. The first-order valence-corrected chi connectivity index (χ1v) is 13.5. The summed E-state index contributed by atoms with van der Waals surface area (Å²) >= 11 is 4.01. The molecule has 2 aromatic carbocycles. The van der Waals surface area contributed by atoms with Crippen molar-refractivity contribution in [3.63, 3.8) is 0 Å². The van der Waals surface area contributed by atoms with Crippen LogP contribution in [0.4, 0.5) is 26.3 Å². The third-order valence-electron chi connectivity index (χ3n) is 6.63. The molecule has 0 fully saturated rings. The van der Waals surface area contributed by atoms with Gasteiger partial charge in [0.1, 0.15) is 24.0 Å². The summed E-state index contributed by atoms with van der Waals surface area (Å²) in [6.07, 6.45) is -3.44. The van der Waals surface area contributed by atoms with Gasteiger partial charge in [-0.1, -0.05) is 19.1 Å². The predicted octanol–water partition coefficient (Wildman–Crippen LogP) is 5.57. The summed E-state index contributed by atoms with van der Waals surface area (Å²) in [5.41, 5.74) is 4.72. The van der Waals surface area contributed by atoms with Gasteiger partial charge in [-0.15, -0.1) is 0 Å². The maximum atomic E-state index is 14.2.